The third kappa shape index (κ3) is 3.42. The summed E-state index contributed by atoms with van der Waals surface area (Å²) in [6, 6.07) is 9.55. The lowest BCUT2D eigenvalue weighted by Crippen LogP contribution is -2.15. The third-order valence-corrected chi connectivity index (χ3v) is 3.69. The van der Waals surface area contributed by atoms with Crippen LogP contribution in [0.1, 0.15) is 16.1 Å². The lowest BCUT2D eigenvalue weighted by molar-refractivity contribution is -0.113. The van der Waals surface area contributed by atoms with Crippen molar-refractivity contribution in [2.75, 3.05) is 11.1 Å². The van der Waals surface area contributed by atoms with Gasteiger partial charge in [0, 0.05) is 16.8 Å². The van der Waals surface area contributed by atoms with Crippen molar-refractivity contribution in [3.8, 4) is 0 Å². The molecule has 0 fully saturated rings. The number of nitrogens with one attached hydrogen (secondary N) is 2. The Kier molecular flexibility index (Phi) is 4.47. The van der Waals surface area contributed by atoms with E-state index in [1.165, 1.54) is 18.0 Å². The minimum Gasteiger partial charge on any atom is -0.478 e. The Balaban J connectivity index is 1.97. The van der Waals surface area contributed by atoms with Crippen molar-refractivity contribution in [2.45, 2.75) is 11.8 Å². The summed E-state index contributed by atoms with van der Waals surface area (Å²) >= 11 is 1.40. The first-order valence-corrected chi connectivity index (χ1v) is 6.95. The minimum absolute atomic E-state index is 0.100. The van der Waals surface area contributed by atoms with E-state index in [2.05, 4.69) is 10.3 Å². The van der Waals surface area contributed by atoms with E-state index in [1.807, 2.05) is 30.3 Å². The van der Waals surface area contributed by atoms with Crippen LogP contribution in [0.3, 0.4) is 0 Å². The van der Waals surface area contributed by atoms with Gasteiger partial charge in [0.15, 0.2) is 0 Å². The normalized spacial score (nSPS) is 10.2. The maximum absolute atomic E-state index is 11.8. The number of hydrogen-bond acceptors (Lipinski definition) is 3. The van der Waals surface area contributed by atoms with Gasteiger partial charge in [-0.3, -0.25) is 4.79 Å². The van der Waals surface area contributed by atoms with Gasteiger partial charge in [0.25, 0.3) is 0 Å². The van der Waals surface area contributed by atoms with E-state index in [9.17, 15) is 9.59 Å². The molecule has 0 spiro atoms. The zero-order valence-corrected chi connectivity index (χ0v) is 11.7. The van der Waals surface area contributed by atoms with Crippen molar-refractivity contribution in [3.05, 3.63) is 47.8 Å². The number of anilines is 1. The van der Waals surface area contributed by atoms with E-state index in [4.69, 9.17) is 5.11 Å². The van der Waals surface area contributed by atoms with Crippen LogP contribution in [-0.4, -0.2) is 27.7 Å². The van der Waals surface area contributed by atoms with E-state index >= 15 is 0 Å². The lowest BCUT2D eigenvalue weighted by Gasteiger charge is -2.05. The van der Waals surface area contributed by atoms with E-state index in [0.29, 0.717) is 11.4 Å². The van der Waals surface area contributed by atoms with Gasteiger partial charge in [-0.05, 0) is 19.1 Å². The number of aromatic carboxylic acids is 1. The van der Waals surface area contributed by atoms with E-state index in [-0.39, 0.29) is 17.2 Å². The molecule has 1 amide bonds. The summed E-state index contributed by atoms with van der Waals surface area (Å²) in [5.41, 5.74) is 0.917. The fraction of sp³-hybridized carbons (Fsp3) is 0.143. The second kappa shape index (κ2) is 6.29. The summed E-state index contributed by atoms with van der Waals surface area (Å²) in [5.74, 6) is -1.07. The maximum atomic E-state index is 11.8. The number of thioether (sulfide) groups is 1. The molecule has 5 nitrogen and oxygen atoms in total. The SMILES string of the molecule is Cc1[nH]cc(NC(=O)CSc2ccccc2)c1C(=O)O. The number of carbonyl (C=O) groups is 2. The average molecular weight is 290 g/mol. The minimum atomic E-state index is -1.06. The highest BCUT2D eigenvalue weighted by atomic mass is 32.2. The van der Waals surface area contributed by atoms with Crippen LogP contribution in [0.2, 0.25) is 0 Å². The van der Waals surface area contributed by atoms with Crippen molar-refractivity contribution < 1.29 is 14.7 Å². The van der Waals surface area contributed by atoms with Gasteiger partial charge in [-0.1, -0.05) is 18.2 Å². The van der Waals surface area contributed by atoms with Gasteiger partial charge >= 0.3 is 5.97 Å². The molecule has 0 unspecified atom stereocenters. The predicted octanol–water partition coefficient (Wildman–Crippen LogP) is 2.75. The van der Waals surface area contributed by atoms with Gasteiger partial charge in [-0.15, -0.1) is 11.8 Å². The summed E-state index contributed by atoms with van der Waals surface area (Å²) in [6.07, 6.45) is 1.49. The Morgan fingerprint density at radius 3 is 2.65 bits per heavy atom. The van der Waals surface area contributed by atoms with Crippen molar-refractivity contribution >= 4 is 29.3 Å². The first kappa shape index (κ1) is 14.2. The van der Waals surface area contributed by atoms with Crippen molar-refractivity contribution in [2.24, 2.45) is 0 Å². The molecular formula is C14H14N2O3S. The van der Waals surface area contributed by atoms with Crippen LogP contribution in [0.15, 0.2) is 41.4 Å². The second-order valence-electron chi connectivity index (χ2n) is 4.16. The van der Waals surface area contributed by atoms with Crippen LogP contribution >= 0.6 is 11.8 Å². The molecule has 0 saturated heterocycles. The highest BCUT2D eigenvalue weighted by molar-refractivity contribution is 8.00. The highest BCUT2D eigenvalue weighted by Crippen LogP contribution is 2.21. The largest absolute Gasteiger partial charge is 0.478 e. The third-order valence-electron chi connectivity index (χ3n) is 2.68. The Morgan fingerprint density at radius 2 is 2.00 bits per heavy atom. The van der Waals surface area contributed by atoms with Crippen LogP contribution in [0.25, 0.3) is 0 Å². The number of benzene rings is 1. The number of aromatic amines is 1. The predicted molar refractivity (Wildman–Crippen MR) is 78.3 cm³/mol. The number of aryl methyl sites for hydroxylation is 1. The number of rotatable bonds is 5. The van der Waals surface area contributed by atoms with Crippen LogP contribution in [-0.2, 0) is 4.79 Å². The fourth-order valence-corrected chi connectivity index (χ4v) is 2.47. The molecule has 0 saturated carbocycles. The number of carboxylic acid groups (broad SMARTS) is 1. The van der Waals surface area contributed by atoms with Crippen molar-refractivity contribution in [1.29, 1.82) is 0 Å². The smallest absolute Gasteiger partial charge is 0.339 e. The van der Waals surface area contributed by atoms with Gasteiger partial charge in [0.05, 0.1) is 11.4 Å². The zero-order valence-electron chi connectivity index (χ0n) is 10.8. The molecule has 104 valence electrons. The molecule has 0 radical (unpaired) electrons. The van der Waals surface area contributed by atoms with Gasteiger partial charge in [-0.25, -0.2) is 4.79 Å². The molecule has 2 aromatic rings. The molecule has 0 aliphatic rings. The number of amides is 1. The van der Waals surface area contributed by atoms with Gasteiger partial charge in [0.2, 0.25) is 5.91 Å². The molecule has 0 aliphatic carbocycles. The van der Waals surface area contributed by atoms with Gasteiger partial charge < -0.3 is 15.4 Å². The first-order valence-electron chi connectivity index (χ1n) is 5.97. The molecule has 0 bridgehead atoms. The molecule has 6 heteroatoms. The first-order chi connectivity index (χ1) is 9.58. The Labute approximate surface area is 120 Å². The molecule has 0 atom stereocenters. The fourth-order valence-electron chi connectivity index (χ4n) is 1.75. The Morgan fingerprint density at radius 1 is 1.30 bits per heavy atom. The summed E-state index contributed by atoms with van der Waals surface area (Å²) < 4.78 is 0. The average Bonchev–Trinajstić information content (AvgIpc) is 2.78. The van der Waals surface area contributed by atoms with Crippen molar-refractivity contribution in [1.82, 2.24) is 4.98 Å². The van der Waals surface area contributed by atoms with E-state index < -0.39 is 5.97 Å². The Bertz CT molecular complexity index is 623. The standard InChI is InChI=1S/C14H14N2O3S/c1-9-13(14(18)19)11(7-15-9)16-12(17)8-20-10-5-3-2-4-6-10/h2-7,15H,8H2,1H3,(H,16,17)(H,18,19). The van der Waals surface area contributed by atoms with Gasteiger partial charge in [0.1, 0.15) is 5.56 Å². The molecular weight excluding hydrogens is 276 g/mol. The molecule has 1 heterocycles. The van der Waals surface area contributed by atoms with Gasteiger partial charge in [-0.2, -0.15) is 0 Å². The molecule has 2 rings (SSSR count). The molecule has 3 N–H and O–H groups in total. The van der Waals surface area contributed by atoms with Crippen LogP contribution < -0.4 is 5.32 Å². The summed E-state index contributed by atoms with van der Waals surface area (Å²) in [5, 5.41) is 11.7. The van der Waals surface area contributed by atoms with E-state index in [0.717, 1.165) is 4.90 Å². The summed E-state index contributed by atoms with van der Waals surface area (Å²) in [6.45, 7) is 1.65. The van der Waals surface area contributed by atoms with E-state index in [1.54, 1.807) is 6.92 Å². The quantitative estimate of drug-likeness (QED) is 0.739. The number of aromatic nitrogens is 1. The number of H-pyrrole nitrogens is 1. The van der Waals surface area contributed by atoms with Crippen molar-refractivity contribution in [3.63, 3.8) is 0 Å². The highest BCUT2D eigenvalue weighted by Gasteiger charge is 2.16. The second-order valence-corrected chi connectivity index (χ2v) is 5.21. The van der Waals surface area contributed by atoms with Crippen LogP contribution in [0, 0.1) is 6.92 Å². The summed E-state index contributed by atoms with van der Waals surface area (Å²) in [7, 11) is 0. The van der Waals surface area contributed by atoms with Crippen LogP contribution in [0.4, 0.5) is 5.69 Å². The van der Waals surface area contributed by atoms with Crippen LogP contribution in [0.5, 0.6) is 0 Å². The molecule has 0 aliphatic heterocycles. The molecule has 1 aromatic heterocycles. The Hall–Kier alpha value is -2.21. The zero-order chi connectivity index (χ0) is 14.5. The molecule has 20 heavy (non-hydrogen) atoms. The number of carbonyl (C=O) groups excluding carboxylic acids is 1. The summed E-state index contributed by atoms with van der Waals surface area (Å²) in [4.78, 5) is 26.7. The molecule has 1 aromatic carbocycles. The number of hydrogen-bond donors (Lipinski definition) is 3. The monoisotopic (exact) mass is 290 g/mol. The lowest BCUT2D eigenvalue weighted by atomic mass is 10.2. The topological polar surface area (TPSA) is 82.2 Å². The number of carboxylic acids is 1. The maximum Gasteiger partial charge on any atom is 0.339 e.